The van der Waals surface area contributed by atoms with Gasteiger partial charge >= 0.3 is 0 Å². The molecule has 7 heteroatoms. The van der Waals surface area contributed by atoms with Gasteiger partial charge in [-0.2, -0.15) is 4.31 Å². The van der Waals surface area contributed by atoms with Crippen molar-refractivity contribution in [2.45, 2.75) is 32.1 Å². The van der Waals surface area contributed by atoms with Gasteiger partial charge in [0.2, 0.25) is 10.0 Å². The fraction of sp³-hybridized carbons (Fsp3) is 0.500. The first-order valence-corrected chi connectivity index (χ1v) is 8.19. The highest BCUT2D eigenvalue weighted by molar-refractivity contribution is 7.89. The lowest BCUT2D eigenvalue weighted by atomic mass is 10.00. The zero-order valence-electron chi connectivity index (χ0n) is 12.3. The molecule has 1 atom stereocenters. The van der Waals surface area contributed by atoms with E-state index in [1.54, 1.807) is 13.8 Å². The van der Waals surface area contributed by atoms with Gasteiger partial charge in [0, 0.05) is 25.4 Å². The molecular formula is C14H19FN2O3S. The first-order chi connectivity index (χ1) is 9.77. The van der Waals surface area contributed by atoms with Crippen LogP contribution in [0.15, 0.2) is 22.2 Å². The summed E-state index contributed by atoms with van der Waals surface area (Å²) in [4.78, 5) is 0.167. The minimum atomic E-state index is -3.67. The predicted molar refractivity (Wildman–Crippen MR) is 77.6 cm³/mol. The van der Waals surface area contributed by atoms with Crippen LogP contribution in [0.2, 0.25) is 0 Å². The molecule has 5 nitrogen and oxygen atoms in total. The summed E-state index contributed by atoms with van der Waals surface area (Å²) >= 11 is 0. The molecule has 0 aliphatic carbocycles. The quantitative estimate of drug-likeness (QED) is 0.672. The highest BCUT2D eigenvalue weighted by Crippen LogP contribution is 2.27. The monoisotopic (exact) mass is 314 g/mol. The molecule has 0 amide bonds. The number of halogens is 1. The maximum Gasteiger partial charge on any atom is 0.243 e. The number of aryl methyl sites for hydroxylation is 2. The van der Waals surface area contributed by atoms with Gasteiger partial charge in [0.15, 0.2) is 0 Å². The first kappa shape index (κ1) is 15.9. The summed E-state index contributed by atoms with van der Waals surface area (Å²) < 4.78 is 40.3. The van der Waals surface area contributed by atoms with Crippen LogP contribution in [-0.2, 0) is 10.0 Å². The van der Waals surface area contributed by atoms with Crippen molar-refractivity contribution in [3.63, 3.8) is 0 Å². The lowest BCUT2D eigenvalue weighted by Crippen LogP contribution is -2.43. The van der Waals surface area contributed by atoms with Gasteiger partial charge in [0.25, 0.3) is 0 Å². The SMILES string of the molecule is Cc1cc(F)cc(C)c1S(=O)(=O)N1CCC(=NO)C(C)C1. The molecule has 0 bridgehead atoms. The molecule has 1 heterocycles. The Hall–Kier alpha value is -1.47. The fourth-order valence-corrected chi connectivity index (χ4v) is 4.73. The van der Waals surface area contributed by atoms with Gasteiger partial charge < -0.3 is 5.21 Å². The maximum atomic E-state index is 13.3. The zero-order valence-corrected chi connectivity index (χ0v) is 13.1. The van der Waals surface area contributed by atoms with Crippen LogP contribution in [0.3, 0.4) is 0 Å². The minimum Gasteiger partial charge on any atom is -0.411 e. The lowest BCUT2D eigenvalue weighted by Gasteiger charge is -2.31. The van der Waals surface area contributed by atoms with Crippen molar-refractivity contribution in [2.24, 2.45) is 11.1 Å². The summed E-state index contributed by atoms with van der Waals surface area (Å²) in [6.45, 7) is 5.54. The van der Waals surface area contributed by atoms with Crippen molar-refractivity contribution >= 4 is 15.7 Å². The summed E-state index contributed by atoms with van der Waals surface area (Å²) in [6, 6.07) is 2.46. The lowest BCUT2D eigenvalue weighted by molar-refractivity contribution is 0.300. The number of oxime groups is 1. The van der Waals surface area contributed by atoms with Gasteiger partial charge in [-0.15, -0.1) is 0 Å². The Morgan fingerprint density at radius 2 is 1.90 bits per heavy atom. The minimum absolute atomic E-state index is 0.139. The van der Waals surface area contributed by atoms with E-state index in [1.165, 1.54) is 16.4 Å². The van der Waals surface area contributed by atoms with Gasteiger partial charge in [0.05, 0.1) is 10.6 Å². The number of hydrogen-bond acceptors (Lipinski definition) is 4. The molecule has 0 aromatic heterocycles. The Morgan fingerprint density at radius 3 is 2.38 bits per heavy atom. The van der Waals surface area contributed by atoms with Gasteiger partial charge in [-0.25, -0.2) is 12.8 Å². The Balaban J connectivity index is 2.40. The van der Waals surface area contributed by atoms with E-state index in [4.69, 9.17) is 5.21 Å². The van der Waals surface area contributed by atoms with E-state index in [0.717, 1.165) is 0 Å². The van der Waals surface area contributed by atoms with E-state index < -0.39 is 15.8 Å². The van der Waals surface area contributed by atoms with Crippen LogP contribution >= 0.6 is 0 Å². The highest BCUT2D eigenvalue weighted by atomic mass is 32.2. The van der Waals surface area contributed by atoms with E-state index >= 15 is 0 Å². The van der Waals surface area contributed by atoms with Crippen LogP contribution in [0.1, 0.15) is 24.5 Å². The van der Waals surface area contributed by atoms with Crippen molar-refractivity contribution < 1.29 is 18.0 Å². The average molecular weight is 314 g/mol. The van der Waals surface area contributed by atoms with Crippen molar-refractivity contribution in [2.75, 3.05) is 13.1 Å². The number of sulfonamides is 1. The van der Waals surface area contributed by atoms with Crippen molar-refractivity contribution in [3.05, 3.63) is 29.1 Å². The number of rotatable bonds is 2. The van der Waals surface area contributed by atoms with Crippen LogP contribution in [-0.4, -0.2) is 36.7 Å². The van der Waals surface area contributed by atoms with Gasteiger partial charge in [-0.1, -0.05) is 12.1 Å². The van der Waals surface area contributed by atoms with Crippen LogP contribution in [0, 0.1) is 25.6 Å². The second-order valence-corrected chi connectivity index (χ2v) is 7.35. The predicted octanol–water partition coefficient (Wildman–Crippen LogP) is 2.30. The van der Waals surface area contributed by atoms with Crippen molar-refractivity contribution in [3.8, 4) is 0 Å². The Bertz CT molecular complexity index is 662. The van der Waals surface area contributed by atoms with Crippen molar-refractivity contribution in [1.82, 2.24) is 4.31 Å². The van der Waals surface area contributed by atoms with E-state index in [0.29, 0.717) is 23.3 Å². The molecule has 0 saturated carbocycles. The topological polar surface area (TPSA) is 70.0 Å². The summed E-state index contributed by atoms with van der Waals surface area (Å²) in [7, 11) is -3.67. The van der Waals surface area contributed by atoms with Gasteiger partial charge in [-0.3, -0.25) is 0 Å². The van der Waals surface area contributed by atoms with Crippen LogP contribution in [0.5, 0.6) is 0 Å². The normalized spacial score (nSPS) is 22.7. The largest absolute Gasteiger partial charge is 0.411 e. The molecule has 1 aromatic rings. The summed E-state index contributed by atoms with van der Waals surface area (Å²) in [5, 5.41) is 12.1. The van der Waals surface area contributed by atoms with Crippen molar-refractivity contribution in [1.29, 1.82) is 0 Å². The van der Waals surface area contributed by atoms with Crippen LogP contribution < -0.4 is 0 Å². The van der Waals surface area contributed by atoms with E-state index in [2.05, 4.69) is 5.16 Å². The standard InChI is InChI=1S/C14H19FN2O3S/c1-9-6-12(15)7-10(2)14(9)21(19,20)17-5-4-13(16-18)11(3)8-17/h6-7,11,18H,4-5,8H2,1-3H3. The molecule has 1 aromatic carbocycles. The highest BCUT2D eigenvalue weighted by Gasteiger charge is 2.33. The number of hydrogen-bond donors (Lipinski definition) is 1. The molecule has 1 unspecified atom stereocenters. The third kappa shape index (κ3) is 2.94. The van der Waals surface area contributed by atoms with Gasteiger partial charge in [0.1, 0.15) is 5.82 Å². The smallest absolute Gasteiger partial charge is 0.243 e. The molecule has 1 fully saturated rings. The third-order valence-corrected chi connectivity index (χ3v) is 5.99. The van der Waals surface area contributed by atoms with E-state index in [1.807, 2.05) is 6.92 Å². The molecule has 1 saturated heterocycles. The number of benzene rings is 1. The molecule has 0 spiro atoms. The summed E-state index contributed by atoms with van der Waals surface area (Å²) in [5.41, 5.74) is 1.41. The molecule has 116 valence electrons. The average Bonchev–Trinajstić information content (AvgIpc) is 2.36. The molecule has 1 aliphatic rings. The first-order valence-electron chi connectivity index (χ1n) is 6.75. The molecule has 21 heavy (non-hydrogen) atoms. The molecular weight excluding hydrogens is 295 g/mol. The number of nitrogens with zero attached hydrogens (tertiary/aromatic N) is 2. The fourth-order valence-electron chi connectivity index (χ4n) is 2.79. The second kappa shape index (κ2) is 5.73. The maximum absolute atomic E-state index is 13.3. The Morgan fingerprint density at radius 1 is 1.33 bits per heavy atom. The van der Waals surface area contributed by atoms with Gasteiger partial charge in [-0.05, 0) is 37.1 Å². The molecule has 2 rings (SSSR count). The summed E-state index contributed by atoms with van der Waals surface area (Å²) in [5.74, 6) is -0.578. The van der Waals surface area contributed by atoms with Crippen LogP contribution in [0.4, 0.5) is 4.39 Å². The Kier molecular flexibility index (Phi) is 4.34. The summed E-state index contributed by atoms with van der Waals surface area (Å²) in [6.07, 6.45) is 0.399. The Labute approximate surface area is 124 Å². The molecule has 1 N–H and O–H groups in total. The number of piperidine rings is 1. The zero-order chi connectivity index (χ0) is 15.8. The van der Waals surface area contributed by atoms with E-state index in [9.17, 15) is 12.8 Å². The second-order valence-electron chi connectivity index (χ2n) is 5.47. The third-order valence-electron chi connectivity index (χ3n) is 3.82. The molecule has 0 radical (unpaired) electrons. The van der Waals surface area contributed by atoms with Crippen LogP contribution in [0.25, 0.3) is 0 Å². The molecule has 1 aliphatic heterocycles. The van der Waals surface area contributed by atoms with E-state index in [-0.39, 0.29) is 23.9 Å².